The first-order valence-electron chi connectivity index (χ1n) is 6.55. The van der Waals surface area contributed by atoms with Crippen LogP contribution in [0.1, 0.15) is 18.9 Å². The molecule has 0 fully saturated rings. The number of rotatable bonds is 10. The normalized spacial score (nSPS) is 10.1. The number of hydrogen-bond donors (Lipinski definition) is 3. The monoisotopic (exact) mass is 297 g/mol. The number of hydrogen-bond acceptors (Lipinski definition) is 5. The van der Waals surface area contributed by atoms with Gasteiger partial charge in [0.2, 0.25) is 0 Å². The number of carbonyl (C=O) groups is 2. The van der Waals surface area contributed by atoms with Crippen molar-refractivity contribution in [2.75, 3.05) is 19.8 Å². The molecule has 0 unspecified atom stereocenters. The zero-order chi connectivity index (χ0) is 15.7. The Kier molecular flexibility index (Phi) is 7.03. The van der Waals surface area contributed by atoms with E-state index in [2.05, 4.69) is 5.32 Å². The fraction of sp³-hybridized carbons (Fsp3) is 0.429. The van der Waals surface area contributed by atoms with Crippen molar-refractivity contribution < 1.29 is 29.3 Å². The number of ether oxygens (including phenoxy) is 2. The third-order valence-corrected chi connectivity index (χ3v) is 2.50. The average molecular weight is 297 g/mol. The molecule has 0 saturated heterocycles. The van der Waals surface area contributed by atoms with E-state index < -0.39 is 18.5 Å². The highest BCUT2D eigenvalue weighted by molar-refractivity contribution is 5.68. The van der Waals surface area contributed by atoms with Crippen LogP contribution >= 0.6 is 0 Å². The topological polar surface area (TPSA) is 105 Å². The van der Waals surface area contributed by atoms with E-state index in [0.717, 1.165) is 5.56 Å². The molecule has 0 bridgehead atoms. The van der Waals surface area contributed by atoms with Gasteiger partial charge in [-0.3, -0.25) is 4.79 Å². The summed E-state index contributed by atoms with van der Waals surface area (Å²) in [6, 6.07) is 5.16. The molecule has 7 heteroatoms. The molecule has 1 aromatic carbocycles. The van der Waals surface area contributed by atoms with Crippen LogP contribution in [0.3, 0.4) is 0 Å². The summed E-state index contributed by atoms with van der Waals surface area (Å²) in [5, 5.41) is 20.2. The lowest BCUT2D eigenvalue weighted by atomic mass is 10.2. The Morgan fingerprint density at radius 1 is 1.14 bits per heavy atom. The van der Waals surface area contributed by atoms with Crippen LogP contribution in [0.4, 0.5) is 0 Å². The molecule has 0 spiro atoms. The summed E-state index contributed by atoms with van der Waals surface area (Å²) in [7, 11) is 0. The summed E-state index contributed by atoms with van der Waals surface area (Å²) < 4.78 is 10.6. The first-order valence-corrected chi connectivity index (χ1v) is 6.55. The highest BCUT2D eigenvalue weighted by Gasteiger charge is 2.08. The molecule has 21 heavy (non-hydrogen) atoms. The summed E-state index contributed by atoms with van der Waals surface area (Å²) in [6.07, 6.45) is 0.0537. The number of carboxylic acids is 2. The van der Waals surface area contributed by atoms with E-state index in [1.165, 1.54) is 0 Å². The maximum Gasteiger partial charge on any atom is 0.341 e. The Labute approximate surface area is 122 Å². The van der Waals surface area contributed by atoms with Crippen molar-refractivity contribution in [1.29, 1.82) is 0 Å². The third kappa shape index (κ3) is 6.62. The minimum Gasteiger partial charge on any atom is -0.490 e. The van der Waals surface area contributed by atoms with Crippen molar-refractivity contribution in [3.63, 3.8) is 0 Å². The zero-order valence-corrected chi connectivity index (χ0v) is 11.8. The molecule has 0 aliphatic carbocycles. The van der Waals surface area contributed by atoms with Crippen LogP contribution in [0.2, 0.25) is 0 Å². The first-order chi connectivity index (χ1) is 10.0. The van der Waals surface area contributed by atoms with E-state index in [0.29, 0.717) is 31.2 Å². The van der Waals surface area contributed by atoms with E-state index in [1.54, 1.807) is 18.2 Å². The van der Waals surface area contributed by atoms with Crippen LogP contribution in [0.25, 0.3) is 0 Å². The molecule has 1 aromatic rings. The first kappa shape index (κ1) is 16.8. The Morgan fingerprint density at radius 3 is 2.52 bits per heavy atom. The number of aliphatic carboxylic acids is 2. The fourth-order valence-corrected chi connectivity index (χ4v) is 1.62. The van der Waals surface area contributed by atoms with Crippen molar-refractivity contribution in [1.82, 2.24) is 5.32 Å². The molecule has 0 aromatic heterocycles. The van der Waals surface area contributed by atoms with Crippen molar-refractivity contribution in [3.8, 4) is 11.5 Å². The lowest BCUT2D eigenvalue weighted by molar-refractivity contribution is -0.139. The fourth-order valence-electron chi connectivity index (χ4n) is 1.62. The van der Waals surface area contributed by atoms with Crippen molar-refractivity contribution in [3.05, 3.63) is 23.8 Å². The largest absolute Gasteiger partial charge is 0.490 e. The van der Waals surface area contributed by atoms with Gasteiger partial charge in [0.05, 0.1) is 13.0 Å². The Hall–Kier alpha value is -2.28. The predicted molar refractivity (Wildman–Crippen MR) is 74.7 cm³/mol. The Balaban J connectivity index is 2.63. The Morgan fingerprint density at radius 2 is 1.90 bits per heavy atom. The van der Waals surface area contributed by atoms with Gasteiger partial charge in [0.1, 0.15) is 0 Å². The Bertz CT molecular complexity index is 488. The molecule has 7 nitrogen and oxygen atoms in total. The minimum atomic E-state index is -1.06. The highest BCUT2D eigenvalue weighted by atomic mass is 16.5. The molecule has 3 N–H and O–H groups in total. The second kappa shape index (κ2) is 8.80. The quantitative estimate of drug-likeness (QED) is 0.556. The molecular formula is C14H19NO6. The zero-order valence-electron chi connectivity index (χ0n) is 11.8. The number of carboxylic acid groups (broad SMARTS) is 2. The van der Waals surface area contributed by atoms with E-state index >= 15 is 0 Å². The lowest BCUT2D eigenvalue weighted by Crippen LogP contribution is -2.17. The lowest BCUT2D eigenvalue weighted by Gasteiger charge is -2.12. The van der Waals surface area contributed by atoms with Gasteiger partial charge in [-0.1, -0.05) is 6.07 Å². The van der Waals surface area contributed by atoms with Crippen molar-refractivity contribution in [2.24, 2.45) is 0 Å². The molecule has 1 rings (SSSR count). The summed E-state index contributed by atoms with van der Waals surface area (Å²) >= 11 is 0. The minimum absolute atomic E-state index is 0.0537. The van der Waals surface area contributed by atoms with Gasteiger partial charge in [0, 0.05) is 13.1 Å². The van der Waals surface area contributed by atoms with E-state index in [-0.39, 0.29) is 6.42 Å². The maximum atomic E-state index is 10.5. The van der Waals surface area contributed by atoms with E-state index in [1.807, 2.05) is 6.92 Å². The highest BCUT2D eigenvalue weighted by Crippen LogP contribution is 2.28. The number of benzene rings is 1. The van der Waals surface area contributed by atoms with Gasteiger partial charge < -0.3 is 25.0 Å². The SMILES string of the molecule is CCOc1cc(CNCCC(=O)O)ccc1OCC(=O)O. The van der Waals surface area contributed by atoms with Crippen molar-refractivity contribution >= 4 is 11.9 Å². The van der Waals surface area contributed by atoms with Crippen LogP contribution in [-0.4, -0.2) is 41.9 Å². The summed E-state index contributed by atoms with van der Waals surface area (Å²) in [6.45, 7) is 2.68. The van der Waals surface area contributed by atoms with Crippen LogP contribution in [-0.2, 0) is 16.1 Å². The molecular weight excluding hydrogens is 278 g/mol. The molecule has 0 amide bonds. The van der Waals surface area contributed by atoms with Gasteiger partial charge in [-0.2, -0.15) is 0 Å². The third-order valence-electron chi connectivity index (χ3n) is 2.50. The van der Waals surface area contributed by atoms with Gasteiger partial charge in [0.25, 0.3) is 0 Å². The second-order valence-electron chi connectivity index (χ2n) is 4.22. The predicted octanol–water partition coefficient (Wildman–Crippen LogP) is 1.11. The summed E-state index contributed by atoms with van der Waals surface area (Å²) in [4.78, 5) is 20.9. The van der Waals surface area contributed by atoms with Gasteiger partial charge in [-0.05, 0) is 24.6 Å². The van der Waals surface area contributed by atoms with Crippen LogP contribution in [0.15, 0.2) is 18.2 Å². The number of nitrogens with one attached hydrogen (secondary N) is 1. The smallest absolute Gasteiger partial charge is 0.341 e. The molecule has 0 atom stereocenters. The molecule has 0 saturated carbocycles. The van der Waals surface area contributed by atoms with Gasteiger partial charge in [-0.15, -0.1) is 0 Å². The molecule has 0 aliphatic rings. The van der Waals surface area contributed by atoms with Crippen molar-refractivity contribution in [2.45, 2.75) is 19.9 Å². The van der Waals surface area contributed by atoms with Crippen LogP contribution < -0.4 is 14.8 Å². The second-order valence-corrected chi connectivity index (χ2v) is 4.22. The van der Waals surface area contributed by atoms with Crippen LogP contribution in [0, 0.1) is 0 Å². The summed E-state index contributed by atoms with van der Waals surface area (Å²) in [5.74, 6) is -1.07. The molecule has 116 valence electrons. The van der Waals surface area contributed by atoms with E-state index in [9.17, 15) is 9.59 Å². The van der Waals surface area contributed by atoms with E-state index in [4.69, 9.17) is 19.7 Å². The standard InChI is InChI=1S/C14H19NO6/c1-2-20-12-7-10(8-15-6-5-13(16)17)3-4-11(12)21-9-14(18)19/h3-4,7,15H,2,5-6,8-9H2,1H3,(H,16,17)(H,18,19). The maximum absolute atomic E-state index is 10.5. The molecule has 0 aliphatic heterocycles. The van der Waals surface area contributed by atoms with Gasteiger partial charge in [-0.25, -0.2) is 4.79 Å². The molecule has 0 heterocycles. The van der Waals surface area contributed by atoms with Crippen LogP contribution in [0.5, 0.6) is 11.5 Å². The van der Waals surface area contributed by atoms with Gasteiger partial charge >= 0.3 is 11.9 Å². The average Bonchev–Trinajstić information content (AvgIpc) is 2.42. The summed E-state index contributed by atoms with van der Waals surface area (Å²) in [5.41, 5.74) is 0.895. The van der Waals surface area contributed by atoms with Gasteiger partial charge in [0.15, 0.2) is 18.1 Å². The molecule has 0 radical (unpaired) electrons.